The first-order valence-corrected chi connectivity index (χ1v) is 10.4. The Bertz CT molecular complexity index is 746. The number of hydrogen-bond acceptors (Lipinski definition) is 4. The third-order valence-electron chi connectivity index (χ3n) is 4.45. The number of methoxy groups -OCH3 is 1. The predicted octanol–water partition coefficient (Wildman–Crippen LogP) is 2.97. The van der Waals surface area contributed by atoms with Gasteiger partial charge in [-0.2, -0.15) is 4.31 Å². The normalized spacial score (nSPS) is 15.7. The molecule has 8 heteroatoms. The maximum absolute atomic E-state index is 13.2. The average Bonchev–Trinajstić information content (AvgIpc) is 2.64. The van der Waals surface area contributed by atoms with Gasteiger partial charge in [-0.05, 0) is 31.0 Å². The zero-order chi connectivity index (χ0) is 19.2. The van der Waals surface area contributed by atoms with Gasteiger partial charge in [0, 0.05) is 12.6 Å². The molecule has 1 amide bonds. The molecule has 1 fully saturated rings. The quantitative estimate of drug-likeness (QED) is 0.680. The molecule has 0 aliphatic heterocycles. The van der Waals surface area contributed by atoms with Crippen LogP contribution in [0.5, 0.6) is 5.75 Å². The topological polar surface area (TPSA) is 75.7 Å². The lowest BCUT2D eigenvalue weighted by Gasteiger charge is -2.33. The molecule has 0 saturated heterocycles. The molecule has 1 N–H and O–H groups in total. The number of halogens is 1. The molecule has 1 aromatic rings. The Labute approximate surface area is 160 Å². The van der Waals surface area contributed by atoms with Crippen LogP contribution >= 0.6 is 11.6 Å². The van der Waals surface area contributed by atoms with E-state index in [9.17, 15) is 13.2 Å². The predicted molar refractivity (Wildman–Crippen MR) is 102 cm³/mol. The summed E-state index contributed by atoms with van der Waals surface area (Å²) in [7, 11) is -2.40. The largest absolute Gasteiger partial charge is 0.495 e. The first-order valence-electron chi connectivity index (χ1n) is 8.63. The van der Waals surface area contributed by atoms with E-state index in [4.69, 9.17) is 16.3 Å². The molecule has 1 saturated carbocycles. The maximum Gasteiger partial charge on any atom is 0.243 e. The van der Waals surface area contributed by atoms with E-state index < -0.39 is 10.0 Å². The Morgan fingerprint density at radius 1 is 1.38 bits per heavy atom. The Balaban J connectivity index is 2.33. The van der Waals surface area contributed by atoms with Crippen molar-refractivity contribution in [3.05, 3.63) is 35.9 Å². The van der Waals surface area contributed by atoms with Crippen LogP contribution in [-0.2, 0) is 14.8 Å². The zero-order valence-electron chi connectivity index (χ0n) is 14.9. The zero-order valence-corrected chi connectivity index (χ0v) is 16.5. The molecular weight excluding hydrogens is 376 g/mol. The molecule has 0 radical (unpaired) electrons. The van der Waals surface area contributed by atoms with Crippen molar-refractivity contribution in [3.8, 4) is 5.75 Å². The van der Waals surface area contributed by atoms with Gasteiger partial charge in [0.05, 0.1) is 23.6 Å². The van der Waals surface area contributed by atoms with Crippen LogP contribution in [0.3, 0.4) is 0 Å². The number of carbonyl (C=O) groups excluding carboxylic acids is 1. The minimum Gasteiger partial charge on any atom is -0.495 e. The number of sulfonamides is 1. The Morgan fingerprint density at radius 2 is 2.08 bits per heavy atom. The van der Waals surface area contributed by atoms with Gasteiger partial charge in [-0.3, -0.25) is 4.79 Å². The molecule has 1 aromatic carbocycles. The number of nitrogens with one attached hydrogen (secondary N) is 1. The third-order valence-corrected chi connectivity index (χ3v) is 6.64. The number of amides is 1. The van der Waals surface area contributed by atoms with Gasteiger partial charge in [-0.25, -0.2) is 8.42 Å². The van der Waals surface area contributed by atoms with Gasteiger partial charge in [-0.1, -0.05) is 36.9 Å². The van der Waals surface area contributed by atoms with Gasteiger partial charge in [0.1, 0.15) is 5.75 Å². The van der Waals surface area contributed by atoms with E-state index in [1.807, 2.05) is 0 Å². The van der Waals surface area contributed by atoms with Crippen molar-refractivity contribution in [3.63, 3.8) is 0 Å². The number of carbonyl (C=O) groups is 1. The van der Waals surface area contributed by atoms with Gasteiger partial charge >= 0.3 is 0 Å². The first kappa shape index (κ1) is 20.7. The van der Waals surface area contributed by atoms with Crippen LogP contribution in [-0.4, -0.2) is 44.9 Å². The number of hydrogen-bond donors (Lipinski definition) is 1. The highest BCUT2D eigenvalue weighted by Gasteiger charge is 2.34. The summed E-state index contributed by atoms with van der Waals surface area (Å²) in [5.74, 6) is 0.0530. The Kier molecular flexibility index (Phi) is 7.49. The van der Waals surface area contributed by atoms with Crippen LogP contribution in [0, 0.1) is 0 Å². The standard InChI is InChI=1S/C18H25ClN2O4S/c1-3-11-20-18(22)13-21(14-7-5-4-6-8-14)26(23,24)15-9-10-17(25-2)16(19)12-15/h3,9-10,12,14H,1,4-8,11,13H2,2H3,(H,20,22). The Hall–Kier alpha value is -1.57. The molecule has 2 rings (SSSR count). The lowest BCUT2D eigenvalue weighted by Crippen LogP contribution is -2.47. The summed E-state index contributed by atoms with van der Waals surface area (Å²) in [5.41, 5.74) is 0. The van der Waals surface area contributed by atoms with Crippen LogP contribution in [0.25, 0.3) is 0 Å². The van der Waals surface area contributed by atoms with Crippen LogP contribution in [0.2, 0.25) is 5.02 Å². The lowest BCUT2D eigenvalue weighted by atomic mass is 9.95. The smallest absolute Gasteiger partial charge is 0.243 e. The van der Waals surface area contributed by atoms with E-state index in [2.05, 4.69) is 11.9 Å². The van der Waals surface area contributed by atoms with E-state index in [0.29, 0.717) is 12.3 Å². The van der Waals surface area contributed by atoms with Crippen molar-refractivity contribution in [2.24, 2.45) is 0 Å². The molecule has 0 unspecified atom stereocenters. The van der Waals surface area contributed by atoms with Crippen LogP contribution in [0.15, 0.2) is 35.7 Å². The second-order valence-corrected chi connectivity index (χ2v) is 8.53. The molecule has 0 aromatic heterocycles. The summed E-state index contributed by atoms with van der Waals surface area (Å²) in [6.45, 7) is 3.63. The van der Waals surface area contributed by atoms with Gasteiger partial charge < -0.3 is 10.1 Å². The van der Waals surface area contributed by atoms with Gasteiger partial charge in [0.15, 0.2) is 0 Å². The molecule has 0 heterocycles. The van der Waals surface area contributed by atoms with Crippen molar-refractivity contribution < 1.29 is 17.9 Å². The van der Waals surface area contributed by atoms with E-state index in [1.54, 1.807) is 6.08 Å². The fraction of sp³-hybridized carbons (Fsp3) is 0.500. The minimum atomic E-state index is -3.86. The van der Waals surface area contributed by atoms with Gasteiger partial charge in [0.2, 0.25) is 15.9 Å². The fourth-order valence-corrected chi connectivity index (χ4v) is 5.10. The van der Waals surface area contributed by atoms with Crippen LogP contribution < -0.4 is 10.1 Å². The highest BCUT2D eigenvalue weighted by Crippen LogP contribution is 2.31. The van der Waals surface area contributed by atoms with E-state index in [-0.39, 0.29) is 28.4 Å². The van der Waals surface area contributed by atoms with Crippen molar-refractivity contribution in [2.45, 2.75) is 43.0 Å². The van der Waals surface area contributed by atoms with E-state index in [0.717, 1.165) is 32.1 Å². The lowest BCUT2D eigenvalue weighted by molar-refractivity contribution is -0.121. The summed E-state index contributed by atoms with van der Waals surface area (Å²) < 4.78 is 32.8. The SMILES string of the molecule is C=CCNC(=O)CN(C1CCCCC1)S(=O)(=O)c1ccc(OC)c(Cl)c1. The Morgan fingerprint density at radius 3 is 2.65 bits per heavy atom. The summed E-state index contributed by atoms with van der Waals surface area (Å²) >= 11 is 6.10. The number of benzene rings is 1. The summed E-state index contributed by atoms with van der Waals surface area (Å²) in [6, 6.07) is 4.15. The summed E-state index contributed by atoms with van der Waals surface area (Å²) in [6.07, 6.45) is 6.04. The van der Waals surface area contributed by atoms with Crippen molar-refractivity contribution in [1.29, 1.82) is 0 Å². The third kappa shape index (κ3) is 4.99. The van der Waals surface area contributed by atoms with Crippen molar-refractivity contribution in [1.82, 2.24) is 9.62 Å². The summed E-state index contributed by atoms with van der Waals surface area (Å²) in [5, 5.41) is 2.86. The molecule has 144 valence electrons. The minimum absolute atomic E-state index is 0.0606. The van der Waals surface area contributed by atoms with E-state index in [1.165, 1.54) is 29.6 Å². The van der Waals surface area contributed by atoms with Crippen molar-refractivity contribution >= 4 is 27.5 Å². The monoisotopic (exact) mass is 400 g/mol. The highest BCUT2D eigenvalue weighted by atomic mass is 35.5. The molecule has 0 spiro atoms. The van der Waals surface area contributed by atoms with Crippen LogP contribution in [0.1, 0.15) is 32.1 Å². The first-order chi connectivity index (χ1) is 12.4. The van der Waals surface area contributed by atoms with Gasteiger partial charge in [-0.15, -0.1) is 6.58 Å². The molecule has 1 aliphatic rings. The molecular formula is C18H25ClN2O4S. The fourth-order valence-electron chi connectivity index (χ4n) is 3.11. The number of nitrogens with zero attached hydrogens (tertiary/aromatic N) is 1. The molecule has 26 heavy (non-hydrogen) atoms. The molecule has 0 bridgehead atoms. The van der Waals surface area contributed by atoms with Crippen LogP contribution in [0.4, 0.5) is 0 Å². The van der Waals surface area contributed by atoms with Crippen molar-refractivity contribution in [2.75, 3.05) is 20.2 Å². The molecule has 0 atom stereocenters. The maximum atomic E-state index is 13.2. The molecule has 1 aliphatic carbocycles. The second kappa shape index (κ2) is 9.39. The average molecular weight is 401 g/mol. The number of rotatable bonds is 8. The van der Waals surface area contributed by atoms with Gasteiger partial charge in [0.25, 0.3) is 0 Å². The molecule has 6 nitrogen and oxygen atoms in total. The highest BCUT2D eigenvalue weighted by molar-refractivity contribution is 7.89. The van der Waals surface area contributed by atoms with E-state index >= 15 is 0 Å². The number of ether oxygens (including phenoxy) is 1. The second-order valence-electron chi connectivity index (χ2n) is 6.23. The summed E-state index contributed by atoms with van der Waals surface area (Å²) in [4.78, 5) is 12.2.